The van der Waals surface area contributed by atoms with Gasteiger partial charge >= 0.3 is 5.97 Å². The largest absolute Gasteiger partial charge is 0.430 e. The lowest BCUT2D eigenvalue weighted by atomic mass is 10.1. The monoisotopic (exact) mass is 442 g/mol. The summed E-state index contributed by atoms with van der Waals surface area (Å²) < 4.78 is 9.68. The SMILES string of the molecule is CC1(CBr)OC(C(Br)(Br)Br)OC1=O. The highest BCUT2D eigenvalue weighted by atomic mass is 80.0. The second-order valence-electron chi connectivity index (χ2n) is 2.76. The van der Waals surface area contributed by atoms with Gasteiger partial charge in [0, 0.05) is 5.33 Å². The molecule has 0 bridgehead atoms. The number of rotatable bonds is 1. The lowest BCUT2D eigenvalue weighted by molar-refractivity contribution is -0.144. The fraction of sp³-hybridized carbons (Fsp3) is 0.833. The summed E-state index contributed by atoms with van der Waals surface area (Å²) >= 11 is 12.9. The van der Waals surface area contributed by atoms with Gasteiger partial charge < -0.3 is 9.47 Å². The third-order valence-electron chi connectivity index (χ3n) is 1.54. The van der Waals surface area contributed by atoms with Gasteiger partial charge in [-0.2, -0.15) is 0 Å². The predicted octanol–water partition coefficient (Wildman–Crippen LogP) is 2.88. The Morgan fingerprint density at radius 2 is 2.08 bits per heavy atom. The number of esters is 1. The van der Waals surface area contributed by atoms with Gasteiger partial charge in [0.1, 0.15) is 0 Å². The second kappa shape index (κ2) is 4.08. The van der Waals surface area contributed by atoms with Crippen LogP contribution in [-0.2, 0) is 14.3 Å². The molecule has 1 heterocycles. The van der Waals surface area contributed by atoms with Crippen molar-refractivity contribution in [2.45, 2.75) is 21.0 Å². The molecule has 7 heteroatoms. The lowest BCUT2D eigenvalue weighted by Crippen LogP contribution is -2.35. The van der Waals surface area contributed by atoms with Crippen LogP contribution in [0.4, 0.5) is 0 Å². The Bertz CT molecular complexity index is 226. The Morgan fingerprint density at radius 1 is 1.54 bits per heavy atom. The minimum absolute atomic E-state index is 0.378. The molecule has 1 saturated heterocycles. The first-order valence-electron chi connectivity index (χ1n) is 3.31. The summed E-state index contributed by atoms with van der Waals surface area (Å²) in [5.41, 5.74) is -0.911. The van der Waals surface area contributed by atoms with Gasteiger partial charge in [-0.25, -0.2) is 4.79 Å². The van der Waals surface area contributed by atoms with E-state index in [1.165, 1.54) is 0 Å². The van der Waals surface area contributed by atoms with E-state index in [1.54, 1.807) is 6.92 Å². The number of ether oxygens (including phenoxy) is 2. The molecule has 1 aliphatic heterocycles. The Labute approximate surface area is 109 Å². The molecule has 0 aliphatic carbocycles. The van der Waals surface area contributed by atoms with Gasteiger partial charge in [-0.1, -0.05) is 63.7 Å². The van der Waals surface area contributed by atoms with Gasteiger partial charge in [-0.15, -0.1) is 0 Å². The number of carbonyl (C=O) groups is 1. The third-order valence-corrected chi connectivity index (χ3v) is 3.73. The Kier molecular flexibility index (Phi) is 3.89. The fourth-order valence-electron chi connectivity index (χ4n) is 0.750. The van der Waals surface area contributed by atoms with Gasteiger partial charge in [0.15, 0.2) is 7.74 Å². The van der Waals surface area contributed by atoms with E-state index < -0.39 is 14.0 Å². The summed E-state index contributed by atoms with van der Waals surface area (Å²) in [6, 6.07) is 0. The van der Waals surface area contributed by atoms with Crippen LogP contribution >= 0.6 is 63.7 Å². The first-order valence-corrected chi connectivity index (χ1v) is 6.81. The molecule has 1 aliphatic rings. The van der Waals surface area contributed by atoms with Gasteiger partial charge in [0.05, 0.1) is 0 Å². The summed E-state index contributed by atoms with van der Waals surface area (Å²) in [6.07, 6.45) is -0.692. The molecular formula is C6H6Br4O3. The Balaban J connectivity index is 2.77. The summed E-state index contributed by atoms with van der Waals surface area (Å²) in [5.74, 6) is -0.378. The molecule has 0 aromatic heterocycles. The molecule has 3 nitrogen and oxygen atoms in total. The van der Waals surface area contributed by atoms with Crippen molar-refractivity contribution in [3.63, 3.8) is 0 Å². The van der Waals surface area contributed by atoms with Crippen molar-refractivity contribution in [3.05, 3.63) is 0 Å². The molecule has 2 atom stereocenters. The highest BCUT2D eigenvalue weighted by molar-refractivity contribution is 9.39. The van der Waals surface area contributed by atoms with Crippen molar-refractivity contribution in [2.24, 2.45) is 0 Å². The van der Waals surface area contributed by atoms with Gasteiger partial charge in [-0.05, 0) is 6.92 Å². The number of alkyl halides is 4. The summed E-state index contributed by atoms with van der Waals surface area (Å²) in [5, 5.41) is 0.401. The minimum Gasteiger partial charge on any atom is -0.430 e. The standard InChI is InChI=1S/C6H6Br4O3/c1-5(2-7)3(11)12-4(13-5)6(8,9)10/h4H,2H2,1H3. The molecule has 0 aromatic rings. The molecule has 0 amide bonds. The smallest absolute Gasteiger partial charge is 0.341 e. The molecule has 0 radical (unpaired) electrons. The lowest BCUT2D eigenvalue weighted by Gasteiger charge is -2.20. The van der Waals surface area contributed by atoms with E-state index in [1.807, 2.05) is 0 Å². The maximum atomic E-state index is 11.3. The number of carbonyl (C=O) groups excluding carboxylic acids is 1. The van der Waals surface area contributed by atoms with Crippen LogP contribution in [-0.4, -0.2) is 25.3 Å². The zero-order valence-electron chi connectivity index (χ0n) is 6.52. The van der Waals surface area contributed by atoms with E-state index in [4.69, 9.17) is 9.47 Å². The van der Waals surface area contributed by atoms with Crippen LogP contribution in [0.25, 0.3) is 0 Å². The van der Waals surface area contributed by atoms with Crippen molar-refractivity contribution in [1.82, 2.24) is 0 Å². The van der Waals surface area contributed by atoms with E-state index in [0.29, 0.717) is 5.33 Å². The highest BCUT2D eigenvalue weighted by Crippen LogP contribution is 2.44. The van der Waals surface area contributed by atoms with E-state index in [-0.39, 0.29) is 5.97 Å². The first-order chi connectivity index (χ1) is 5.79. The van der Waals surface area contributed by atoms with Crippen LogP contribution < -0.4 is 0 Å². The maximum Gasteiger partial charge on any atom is 0.341 e. The van der Waals surface area contributed by atoms with Crippen molar-refractivity contribution < 1.29 is 14.3 Å². The maximum absolute atomic E-state index is 11.3. The molecule has 1 rings (SSSR count). The van der Waals surface area contributed by atoms with E-state index in [9.17, 15) is 4.79 Å². The molecule has 2 unspecified atom stereocenters. The van der Waals surface area contributed by atoms with E-state index in [2.05, 4.69) is 63.7 Å². The molecule has 13 heavy (non-hydrogen) atoms. The quantitative estimate of drug-likeness (QED) is 0.460. The van der Waals surface area contributed by atoms with Crippen LogP contribution in [0, 0.1) is 0 Å². The predicted molar refractivity (Wildman–Crippen MR) is 62.7 cm³/mol. The molecule has 1 fully saturated rings. The fourth-order valence-corrected chi connectivity index (χ4v) is 1.67. The van der Waals surface area contributed by atoms with Crippen molar-refractivity contribution in [1.29, 1.82) is 0 Å². The van der Waals surface area contributed by atoms with Gasteiger partial charge in [-0.3, -0.25) is 0 Å². The minimum atomic E-state index is -0.911. The molecule has 0 N–H and O–H groups in total. The highest BCUT2D eigenvalue weighted by Gasteiger charge is 2.52. The van der Waals surface area contributed by atoms with E-state index >= 15 is 0 Å². The van der Waals surface area contributed by atoms with E-state index in [0.717, 1.165) is 0 Å². The third kappa shape index (κ3) is 2.68. The molecule has 76 valence electrons. The van der Waals surface area contributed by atoms with Crippen molar-refractivity contribution >= 4 is 69.7 Å². The van der Waals surface area contributed by atoms with Crippen molar-refractivity contribution in [3.8, 4) is 0 Å². The summed E-state index contributed by atoms with van der Waals surface area (Å²) in [4.78, 5) is 11.3. The average Bonchev–Trinajstić information content (AvgIpc) is 2.29. The van der Waals surface area contributed by atoms with Gasteiger partial charge in [0.25, 0.3) is 0 Å². The molecule has 0 saturated carbocycles. The number of halogens is 4. The normalized spacial score (nSPS) is 34.8. The first kappa shape index (κ1) is 12.4. The summed E-state index contributed by atoms with van der Waals surface area (Å²) in [7, 11) is 0. The molecule has 0 spiro atoms. The topological polar surface area (TPSA) is 35.5 Å². The van der Waals surface area contributed by atoms with Gasteiger partial charge in [0.2, 0.25) is 6.29 Å². The summed E-state index contributed by atoms with van der Waals surface area (Å²) in [6.45, 7) is 1.67. The zero-order chi connectivity index (χ0) is 10.3. The van der Waals surface area contributed by atoms with Crippen LogP contribution in [0.3, 0.4) is 0 Å². The number of hydrogen-bond acceptors (Lipinski definition) is 3. The zero-order valence-corrected chi connectivity index (χ0v) is 12.9. The van der Waals surface area contributed by atoms with Crippen LogP contribution in [0.2, 0.25) is 0 Å². The second-order valence-corrected chi connectivity index (χ2v) is 10.3. The van der Waals surface area contributed by atoms with Crippen molar-refractivity contribution in [2.75, 3.05) is 5.33 Å². The Morgan fingerprint density at radius 3 is 2.31 bits per heavy atom. The van der Waals surface area contributed by atoms with Crippen LogP contribution in [0.15, 0.2) is 0 Å². The number of cyclic esters (lactones) is 1. The van der Waals surface area contributed by atoms with Crippen LogP contribution in [0.5, 0.6) is 0 Å². The average molecular weight is 446 g/mol. The molecular weight excluding hydrogens is 440 g/mol. The van der Waals surface area contributed by atoms with Crippen LogP contribution in [0.1, 0.15) is 6.92 Å². The number of hydrogen-bond donors (Lipinski definition) is 0. The molecule has 0 aromatic carbocycles. The Hall–Kier alpha value is 1.35.